The highest BCUT2D eigenvalue weighted by Crippen LogP contribution is 2.24. The molecule has 0 atom stereocenters. The number of nitrogens with one attached hydrogen (secondary N) is 1. The van der Waals surface area contributed by atoms with Crippen LogP contribution in [0.5, 0.6) is 0 Å². The number of aryl methyl sites for hydroxylation is 1. The molecule has 0 unspecified atom stereocenters. The van der Waals surface area contributed by atoms with Crippen molar-refractivity contribution in [2.75, 3.05) is 5.73 Å². The first kappa shape index (κ1) is 9.77. The summed E-state index contributed by atoms with van der Waals surface area (Å²) in [6, 6.07) is 3.78. The molecule has 0 aliphatic heterocycles. The zero-order valence-electron chi connectivity index (χ0n) is 9.31. The van der Waals surface area contributed by atoms with Crippen molar-refractivity contribution in [3.8, 4) is 11.4 Å². The Morgan fingerprint density at radius 2 is 2.12 bits per heavy atom. The zero-order valence-corrected chi connectivity index (χ0v) is 9.31. The van der Waals surface area contributed by atoms with Gasteiger partial charge in [0.25, 0.3) is 0 Å². The Kier molecular flexibility index (Phi) is 2.04. The van der Waals surface area contributed by atoms with E-state index in [1.807, 2.05) is 19.1 Å². The summed E-state index contributed by atoms with van der Waals surface area (Å²) in [5.74, 6) is 0.724. The lowest BCUT2D eigenvalue weighted by Crippen LogP contribution is -1.91. The molecule has 0 saturated heterocycles. The fourth-order valence-electron chi connectivity index (χ4n) is 1.79. The van der Waals surface area contributed by atoms with Crippen molar-refractivity contribution in [1.82, 2.24) is 19.9 Å². The lowest BCUT2D eigenvalue weighted by atomic mass is 10.2. The molecule has 0 fully saturated rings. The van der Waals surface area contributed by atoms with Crippen molar-refractivity contribution in [1.29, 1.82) is 0 Å². The quantitative estimate of drug-likeness (QED) is 0.663. The van der Waals surface area contributed by atoms with Gasteiger partial charge in [-0.15, -0.1) is 0 Å². The molecule has 0 aromatic carbocycles. The molecule has 3 aromatic rings. The largest absolute Gasteiger partial charge is 0.397 e. The predicted molar refractivity (Wildman–Crippen MR) is 66.3 cm³/mol. The molecular weight excluding hydrogens is 214 g/mol. The van der Waals surface area contributed by atoms with Gasteiger partial charge in [-0.3, -0.25) is 4.98 Å². The Balaban J connectivity index is 2.26. The summed E-state index contributed by atoms with van der Waals surface area (Å²) >= 11 is 0. The molecule has 5 heteroatoms. The number of hydrogen-bond acceptors (Lipinski definition) is 4. The maximum atomic E-state index is 5.87. The van der Waals surface area contributed by atoms with Gasteiger partial charge in [0.05, 0.1) is 17.4 Å². The van der Waals surface area contributed by atoms with Gasteiger partial charge in [-0.1, -0.05) is 0 Å². The van der Waals surface area contributed by atoms with Crippen molar-refractivity contribution in [3.05, 3.63) is 36.3 Å². The van der Waals surface area contributed by atoms with Gasteiger partial charge in [-0.05, 0) is 24.6 Å². The van der Waals surface area contributed by atoms with Crippen LogP contribution in [0.3, 0.4) is 0 Å². The normalized spacial score (nSPS) is 10.9. The van der Waals surface area contributed by atoms with Crippen LogP contribution in [0, 0.1) is 6.92 Å². The molecule has 3 N–H and O–H groups in total. The highest BCUT2D eigenvalue weighted by Gasteiger charge is 2.09. The lowest BCUT2D eigenvalue weighted by Gasteiger charge is -1.99. The van der Waals surface area contributed by atoms with E-state index in [1.165, 1.54) is 0 Å². The van der Waals surface area contributed by atoms with E-state index in [0.717, 1.165) is 22.5 Å². The number of hydrogen-bond donors (Lipinski definition) is 2. The molecule has 3 heterocycles. The van der Waals surface area contributed by atoms with Crippen LogP contribution in [0.25, 0.3) is 22.6 Å². The highest BCUT2D eigenvalue weighted by atomic mass is 15.0. The highest BCUT2D eigenvalue weighted by molar-refractivity contribution is 5.81. The Bertz CT molecular complexity index is 686. The van der Waals surface area contributed by atoms with Gasteiger partial charge >= 0.3 is 0 Å². The van der Waals surface area contributed by atoms with Crippen LogP contribution in [-0.2, 0) is 0 Å². The fraction of sp³-hybridized carbons (Fsp3) is 0.0833. The Labute approximate surface area is 97.7 Å². The van der Waals surface area contributed by atoms with Gasteiger partial charge in [0.15, 0.2) is 5.65 Å². The number of fused-ring (bicyclic) bond motifs is 1. The first-order chi connectivity index (χ1) is 8.25. The van der Waals surface area contributed by atoms with Crippen molar-refractivity contribution >= 4 is 16.9 Å². The molecule has 17 heavy (non-hydrogen) atoms. The molecular formula is C12H11N5. The van der Waals surface area contributed by atoms with Crippen molar-refractivity contribution < 1.29 is 0 Å². The fourth-order valence-corrected chi connectivity index (χ4v) is 1.79. The maximum Gasteiger partial charge on any atom is 0.178 e. The summed E-state index contributed by atoms with van der Waals surface area (Å²) in [6.45, 7) is 2.02. The Morgan fingerprint density at radius 3 is 2.88 bits per heavy atom. The van der Waals surface area contributed by atoms with Crippen LogP contribution in [0.1, 0.15) is 5.56 Å². The second-order valence-electron chi connectivity index (χ2n) is 3.87. The first-order valence-electron chi connectivity index (χ1n) is 5.27. The number of anilines is 1. The molecule has 0 saturated carbocycles. The van der Waals surface area contributed by atoms with Gasteiger partial charge in [-0.2, -0.15) is 0 Å². The number of imidazole rings is 1. The smallest absolute Gasteiger partial charge is 0.178 e. The summed E-state index contributed by atoms with van der Waals surface area (Å²) in [6.07, 6.45) is 5.06. The number of nitrogen functional groups attached to an aromatic ring is 1. The van der Waals surface area contributed by atoms with Crippen LogP contribution in [0.15, 0.2) is 30.7 Å². The van der Waals surface area contributed by atoms with Crippen molar-refractivity contribution in [3.63, 3.8) is 0 Å². The van der Waals surface area contributed by atoms with E-state index >= 15 is 0 Å². The first-order valence-corrected chi connectivity index (χ1v) is 5.27. The van der Waals surface area contributed by atoms with E-state index in [4.69, 9.17) is 5.73 Å². The minimum absolute atomic E-state index is 0.601. The predicted octanol–water partition coefficient (Wildman–Crippen LogP) is 1.91. The standard InChI is InChI=1S/C12H11N5/c1-7-2-5-15-12-10(7)16-11(17-12)8-3-4-14-6-9(8)13/h2-6H,13H2,1H3,(H,15,16,17). The number of H-pyrrole nitrogens is 1. The van der Waals surface area contributed by atoms with E-state index in [0.29, 0.717) is 11.3 Å². The van der Waals surface area contributed by atoms with Gasteiger partial charge in [-0.25, -0.2) is 9.97 Å². The third-order valence-corrected chi connectivity index (χ3v) is 2.71. The Morgan fingerprint density at radius 1 is 1.24 bits per heavy atom. The zero-order chi connectivity index (χ0) is 11.8. The molecule has 3 rings (SSSR count). The maximum absolute atomic E-state index is 5.87. The van der Waals surface area contributed by atoms with Crippen LogP contribution < -0.4 is 5.73 Å². The van der Waals surface area contributed by atoms with E-state index in [9.17, 15) is 0 Å². The molecule has 0 aliphatic rings. The monoisotopic (exact) mass is 225 g/mol. The number of nitrogens with zero attached hydrogens (tertiary/aromatic N) is 3. The molecule has 0 radical (unpaired) electrons. The molecule has 0 amide bonds. The SMILES string of the molecule is Cc1ccnc2nc(-c3ccncc3N)[nH]c12. The summed E-state index contributed by atoms with van der Waals surface area (Å²) in [7, 11) is 0. The summed E-state index contributed by atoms with van der Waals surface area (Å²) < 4.78 is 0. The molecule has 0 bridgehead atoms. The molecule has 0 spiro atoms. The average molecular weight is 225 g/mol. The van der Waals surface area contributed by atoms with Crippen LogP contribution in [0.2, 0.25) is 0 Å². The Hall–Kier alpha value is -2.43. The van der Waals surface area contributed by atoms with Crippen LogP contribution in [-0.4, -0.2) is 19.9 Å². The van der Waals surface area contributed by atoms with Gasteiger partial charge in [0.1, 0.15) is 5.82 Å². The van der Waals surface area contributed by atoms with Crippen LogP contribution in [0.4, 0.5) is 5.69 Å². The third-order valence-electron chi connectivity index (χ3n) is 2.71. The van der Waals surface area contributed by atoms with Gasteiger partial charge in [0, 0.05) is 18.0 Å². The molecule has 5 nitrogen and oxygen atoms in total. The van der Waals surface area contributed by atoms with Crippen molar-refractivity contribution in [2.24, 2.45) is 0 Å². The minimum Gasteiger partial charge on any atom is -0.397 e. The second kappa shape index (κ2) is 3.55. The molecule has 0 aliphatic carbocycles. The third kappa shape index (κ3) is 1.52. The van der Waals surface area contributed by atoms with Gasteiger partial charge < -0.3 is 10.7 Å². The lowest BCUT2D eigenvalue weighted by molar-refractivity contribution is 1.27. The van der Waals surface area contributed by atoms with Crippen LogP contribution >= 0.6 is 0 Å². The minimum atomic E-state index is 0.601. The molecule has 84 valence electrons. The van der Waals surface area contributed by atoms with E-state index in [2.05, 4.69) is 19.9 Å². The number of nitrogens with two attached hydrogens (primary N) is 1. The van der Waals surface area contributed by atoms with E-state index < -0.39 is 0 Å². The number of rotatable bonds is 1. The molecule has 3 aromatic heterocycles. The summed E-state index contributed by atoms with van der Waals surface area (Å²) in [5, 5.41) is 0. The van der Waals surface area contributed by atoms with Gasteiger partial charge in [0.2, 0.25) is 0 Å². The second-order valence-corrected chi connectivity index (χ2v) is 3.87. The number of aromatic nitrogens is 4. The van der Waals surface area contributed by atoms with E-state index in [-0.39, 0.29) is 0 Å². The topological polar surface area (TPSA) is 80.5 Å². The van der Waals surface area contributed by atoms with E-state index in [1.54, 1.807) is 18.6 Å². The number of pyridine rings is 2. The summed E-state index contributed by atoms with van der Waals surface area (Å²) in [5.41, 5.74) is 10.1. The summed E-state index contributed by atoms with van der Waals surface area (Å²) in [4.78, 5) is 15.8. The number of aromatic amines is 1. The van der Waals surface area contributed by atoms with Crippen molar-refractivity contribution in [2.45, 2.75) is 6.92 Å². The average Bonchev–Trinajstić information content (AvgIpc) is 2.75.